The number of nitrogens with zero attached hydrogens (tertiary/aromatic N) is 2. The number of nitrogens with one attached hydrogen (secondary N) is 1. The predicted octanol–water partition coefficient (Wildman–Crippen LogP) is 4.47. The summed E-state index contributed by atoms with van der Waals surface area (Å²) in [6, 6.07) is 14.0. The molecule has 1 aromatic carbocycles. The number of anilines is 1. The SMILES string of the molecule is OCCCc1cc(-c2cccc(NCc3cccc(F)c3)n2)c(Cl)cn1. The van der Waals surface area contributed by atoms with Crippen molar-refractivity contribution in [1.82, 2.24) is 9.97 Å². The van der Waals surface area contributed by atoms with Crippen molar-refractivity contribution >= 4 is 17.4 Å². The lowest BCUT2D eigenvalue weighted by Crippen LogP contribution is -2.02. The number of pyridine rings is 2. The van der Waals surface area contributed by atoms with Crippen molar-refractivity contribution in [3.05, 3.63) is 76.8 Å². The molecule has 0 saturated heterocycles. The van der Waals surface area contributed by atoms with Gasteiger partial charge in [-0.3, -0.25) is 4.98 Å². The van der Waals surface area contributed by atoms with Crippen LogP contribution in [-0.4, -0.2) is 21.7 Å². The normalized spacial score (nSPS) is 10.7. The molecule has 3 aromatic rings. The highest BCUT2D eigenvalue weighted by Gasteiger charge is 2.08. The van der Waals surface area contributed by atoms with E-state index < -0.39 is 0 Å². The topological polar surface area (TPSA) is 58.0 Å². The third kappa shape index (κ3) is 4.77. The molecule has 0 amide bonds. The fraction of sp³-hybridized carbons (Fsp3) is 0.200. The monoisotopic (exact) mass is 371 g/mol. The molecule has 0 radical (unpaired) electrons. The molecule has 0 saturated carbocycles. The number of aliphatic hydroxyl groups is 1. The zero-order valence-corrected chi connectivity index (χ0v) is 14.9. The minimum atomic E-state index is -0.259. The minimum Gasteiger partial charge on any atom is -0.396 e. The lowest BCUT2D eigenvalue weighted by atomic mass is 10.1. The van der Waals surface area contributed by atoms with Crippen molar-refractivity contribution in [1.29, 1.82) is 0 Å². The molecule has 3 rings (SSSR count). The Morgan fingerprint density at radius 2 is 1.96 bits per heavy atom. The van der Waals surface area contributed by atoms with Crippen molar-refractivity contribution in [2.45, 2.75) is 19.4 Å². The molecule has 0 aliphatic heterocycles. The highest BCUT2D eigenvalue weighted by Crippen LogP contribution is 2.27. The molecule has 134 valence electrons. The zero-order valence-electron chi connectivity index (χ0n) is 14.1. The summed E-state index contributed by atoms with van der Waals surface area (Å²) >= 11 is 6.29. The fourth-order valence-electron chi connectivity index (χ4n) is 2.60. The smallest absolute Gasteiger partial charge is 0.126 e. The Morgan fingerprint density at radius 3 is 2.77 bits per heavy atom. The second-order valence-electron chi connectivity index (χ2n) is 5.87. The third-order valence-corrected chi connectivity index (χ3v) is 4.19. The van der Waals surface area contributed by atoms with Crippen LogP contribution in [0.15, 0.2) is 54.7 Å². The molecule has 0 unspecified atom stereocenters. The van der Waals surface area contributed by atoms with Gasteiger partial charge in [-0.15, -0.1) is 0 Å². The predicted molar refractivity (Wildman–Crippen MR) is 102 cm³/mol. The van der Waals surface area contributed by atoms with Crippen LogP contribution >= 0.6 is 11.6 Å². The van der Waals surface area contributed by atoms with Gasteiger partial charge < -0.3 is 10.4 Å². The second-order valence-corrected chi connectivity index (χ2v) is 6.28. The first-order valence-corrected chi connectivity index (χ1v) is 8.74. The number of aryl methyl sites for hydroxylation is 1. The van der Waals surface area contributed by atoms with Gasteiger partial charge in [-0.05, 0) is 48.7 Å². The van der Waals surface area contributed by atoms with Crippen molar-refractivity contribution in [3.8, 4) is 11.3 Å². The molecule has 0 fully saturated rings. The van der Waals surface area contributed by atoms with Crippen molar-refractivity contribution < 1.29 is 9.50 Å². The van der Waals surface area contributed by atoms with E-state index in [-0.39, 0.29) is 12.4 Å². The largest absolute Gasteiger partial charge is 0.396 e. The summed E-state index contributed by atoms with van der Waals surface area (Å²) in [5.41, 5.74) is 3.22. The number of halogens is 2. The highest BCUT2D eigenvalue weighted by molar-refractivity contribution is 6.33. The lowest BCUT2D eigenvalue weighted by Gasteiger charge is -2.10. The van der Waals surface area contributed by atoms with Gasteiger partial charge in [-0.25, -0.2) is 9.37 Å². The minimum absolute atomic E-state index is 0.122. The summed E-state index contributed by atoms with van der Waals surface area (Å²) in [5, 5.41) is 12.7. The molecule has 0 aliphatic rings. The molecule has 6 heteroatoms. The van der Waals surface area contributed by atoms with E-state index in [0.717, 1.165) is 22.5 Å². The van der Waals surface area contributed by atoms with Crippen LogP contribution in [0.2, 0.25) is 5.02 Å². The van der Waals surface area contributed by atoms with E-state index in [1.807, 2.05) is 30.3 Å². The van der Waals surface area contributed by atoms with Gasteiger partial charge in [0.15, 0.2) is 0 Å². The fourth-order valence-corrected chi connectivity index (χ4v) is 2.80. The van der Waals surface area contributed by atoms with Crippen LogP contribution in [0.3, 0.4) is 0 Å². The van der Waals surface area contributed by atoms with Crippen LogP contribution in [0.5, 0.6) is 0 Å². The molecule has 0 aliphatic carbocycles. The van der Waals surface area contributed by atoms with Crippen LogP contribution < -0.4 is 5.32 Å². The first kappa shape index (κ1) is 18.3. The molecule has 4 nitrogen and oxygen atoms in total. The molecular formula is C20H19ClFN3O. The van der Waals surface area contributed by atoms with Gasteiger partial charge >= 0.3 is 0 Å². The van der Waals surface area contributed by atoms with Gasteiger partial charge in [-0.2, -0.15) is 0 Å². The van der Waals surface area contributed by atoms with Gasteiger partial charge in [0.05, 0.1) is 10.7 Å². The third-order valence-electron chi connectivity index (χ3n) is 3.89. The van der Waals surface area contributed by atoms with Gasteiger partial charge in [0, 0.05) is 30.6 Å². The number of aliphatic hydroxyl groups excluding tert-OH is 1. The quantitative estimate of drug-likeness (QED) is 0.643. The van der Waals surface area contributed by atoms with Crippen LogP contribution in [0.1, 0.15) is 17.7 Å². The van der Waals surface area contributed by atoms with Gasteiger partial charge in [0.25, 0.3) is 0 Å². The number of aromatic nitrogens is 2. The summed E-state index contributed by atoms with van der Waals surface area (Å²) in [5.74, 6) is 0.418. The van der Waals surface area contributed by atoms with Crippen LogP contribution in [0.25, 0.3) is 11.3 Å². The lowest BCUT2D eigenvalue weighted by molar-refractivity contribution is 0.288. The summed E-state index contributed by atoms with van der Waals surface area (Å²) in [6.07, 6.45) is 2.94. The summed E-state index contributed by atoms with van der Waals surface area (Å²) < 4.78 is 13.3. The Bertz CT molecular complexity index is 888. The summed E-state index contributed by atoms with van der Waals surface area (Å²) in [7, 11) is 0. The van der Waals surface area contributed by atoms with Crippen LogP contribution in [-0.2, 0) is 13.0 Å². The Kier molecular flexibility index (Phi) is 6.15. The van der Waals surface area contributed by atoms with Crippen LogP contribution in [0.4, 0.5) is 10.2 Å². The molecule has 0 atom stereocenters. The summed E-state index contributed by atoms with van der Waals surface area (Å²) in [6.45, 7) is 0.595. The van der Waals surface area contributed by atoms with E-state index in [4.69, 9.17) is 16.7 Å². The highest BCUT2D eigenvalue weighted by atomic mass is 35.5. The average molecular weight is 372 g/mol. The molecule has 0 bridgehead atoms. The second kappa shape index (κ2) is 8.74. The number of hydrogen-bond acceptors (Lipinski definition) is 4. The molecular weight excluding hydrogens is 353 g/mol. The van der Waals surface area contributed by atoms with Gasteiger partial charge in [0.2, 0.25) is 0 Å². The Balaban J connectivity index is 1.78. The number of hydrogen-bond donors (Lipinski definition) is 2. The average Bonchev–Trinajstić information content (AvgIpc) is 2.66. The van der Waals surface area contributed by atoms with Crippen molar-refractivity contribution in [3.63, 3.8) is 0 Å². The van der Waals surface area contributed by atoms with Crippen molar-refractivity contribution in [2.24, 2.45) is 0 Å². The van der Waals surface area contributed by atoms with E-state index in [1.165, 1.54) is 12.1 Å². The number of benzene rings is 1. The maximum absolute atomic E-state index is 13.3. The number of rotatable bonds is 7. The zero-order chi connectivity index (χ0) is 18.4. The molecule has 2 aromatic heterocycles. The Hall–Kier alpha value is -2.50. The van der Waals surface area contributed by atoms with E-state index in [2.05, 4.69) is 15.3 Å². The van der Waals surface area contributed by atoms with E-state index in [9.17, 15) is 4.39 Å². The van der Waals surface area contributed by atoms with E-state index >= 15 is 0 Å². The molecule has 0 spiro atoms. The van der Waals surface area contributed by atoms with E-state index in [1.54, 1.807) is 12.3 Å². The van der Waals surface area contributed by atoms with Gasteiger partial charge in [0.1, 0.15) is 11.6 Å². The Labute approximate surface area is 156 Å². The van der Waals surface area contributed by atoms with E-state index in [0.29, 0.717) is 30.2 Å². The molecule has 26 heavy (non-hydrogen) atoms. The standard InChI is InChI=1S/C20H19ClFN3O/c21-18-13-23-16(6-3-9-26)11-17(18)19-7-2-8-20(25-19)24-12-14-4-1-5-15(22)10-14/h1-2,4-5,7-8,10-11,13,26H,3,6,9,12H2,(H,24,25). The first-order chi connectivity index (χ1) is 12.7. The first-order valence-electron chi connectivity index (χ1n) is 8.37. The summed E-state index contributed by atoms with van der Waals surface area (Å²) in [4.78, 5) is 8.88. The van der Waals surface area contributed by atoms with Gasteiger partial charge in [-0.1, -0.05) is 29.8 Å². The molecule has 2 N–H and O–H groups in total. The Morgan fingerprint density at radius 1 is 1.12 bits per heavy atom. The maximum atomic E-state index is 13.3. The maximum Gasteiger partial charge on any atom is 0.126 e. The van der Waals surface area contributed by atoms with Crippen molar-refractivity contribution in [2.75, 3.05) is 11.9 Å². The molecule has 2 heterocycles. The van der Waals surface area contributed by atoms with Crippen LogP contribution in [0, 0.1) is 5.82 Å².